The van der Waals surface area contributed by atoms with Crippen LogP contribution >= 0.6 is 0 Å². The second-order valence-corrected chi connectivity index (χ2v) is 34.8. The van der Waals surface area contributed by atoms with E-state index in [1.165, 1.54) is 115 Å². The summed E-state index contributed by atoms with van der Waals surface area (Å²) in [5.74, 6) is 0. The van der Waals surface area contributed by atoms with Crippen LogP contribution < -0.4 is 0 Å². The quantitative estimate of drug-likeness (QED) is 0.0871. The van der Waals surface area contributed by atoms with Gasteiger partial charge in [-0.2, -0.15) is 0 Å². The van der Waals surface area contributed by atoms with E-state index < -0.39 is 0 Å². The summed E-state index contributed by atoms with van der Waals surface area (Å²) >= 11 is 0. The molecule has 0 unspecified atom stereocenters. The van der Waals surface area contributed by atoms with Crippen molar-refractivity contribution in [3.63, 3.8) is 0 Å². The Morgan fingerprint density at radius 1 is 0.123 bits per heavy atom. The number of pyridine rings is 9. The number of aromatic nitrogens is 9. The monoisotopic (exact) mass is 1760 g/mol. The maximum Gasteiger partial charge on any atom is 0.0978 e. The maximum absolute atomic E-state index is 5.26. The molecule has 138 heavy (non-hydrogen) atoms. The van der Waals surface area contributed by atoms with E-state index in [4.69, 9.17) is 39.9 Å². The van der Waals surface area contributed by atoms with Crippen LogP contribution in [-0.4, -0.2) is 44.9 Å². The first-order chi connectivity index (χ1) is 68.5. The molecule has 0 atom stereocenters. The van der Waals surface area contributed by atoms with Gasteiger partial charge in [0.15, 0.2) is 0 Å². The van der Waals surface area contributed by atoms with Gasteiger partial charge < -0.3 is 0 Å². The van der Waals surface area contributed by atoms with Gasteiger partial charge in [0.05, 0.1) is 67.3 Å². The topological polar surface area (TPSA) is 116 Å². The van der Waals surface area contributed by atoms with E-state index in [1.54, 1.807) is 6.20 Å². The molecular weight excluding hydrogens is 1680 g/mol. The van der Waals surface area contributed by atoms with Gasteiger partial charge in [-0.1, -0.05) is 388 Å². The third-order valence-electron chi connectivity index (χ3n) is 26.8. The molecule has 0 aliphatic rings. The molecule has 0 N–H and O–H groups in total. The van der Waals surface area contributed by atoms with Crippen LogP contribution in [0.3, 0.4) is 0 Å². The number of benzene rings is 18. The summed E-state index contributed by atoms with van der Waals surface area (Å²) in [6, 6.07) is 161. The van der Waals surface area contributed by atoms with Gasteiger partial charge in [-0.3, -0.25) is 29.9 Å². The Balaban J connectivity index is 0.000000110. The lowest BCUT2D eigenvalue weighted by Gasteiger charge is -2.20. The van der Waals surface area contributed by atoms with Crippen molar-refractivity contribution in [2.75, 3.05) is 0 Å². The van der Waals surface area contributed by atoms with Crippen LogP contribution in [0, 0.1) is 0 Å². The van der Waals surface area contributed by atoms with Crippen molar-refractivity contribution in [2.24, 2.45) is 0 Å². The molecule has 9 aromatic heterocycles. The summed E-state index contributed by atoms with van der Waals surface area (Å²) in [4.78, 5) is 44.5. The molecule has 0 spiro atoms. The number of hydrogen-bond donors (Lipinski definition) is 0. The fourth-order valence-electron chi connectivity index (χ4n) is 20.6. The van der Waals surface area contributed by atoms with Crippen LogP contribution in [0.25, 0.3) is 264 Å². The van der Waals surface area contributed by atoms with Gasteiger partial charge in [0.2, 0.25) is 0 Å². The molecule has 0 aliphatic carbocycles. The number of nitrogens with zero attached hydrogens (tertiary/aromatic N) is 9. The van der Waals surface area contributed by atoms with Gasteiger partial charge >= 0.3 is 0 Å². The first-order valence-corrected chi connectivity index (χ1v) is 46.6. The van der Waals surface area contributed by atoms with Gasteiger partial charge in [-0.25, -0.2) is 15.0 Å². The number of rotatable bonds is 12. The highest BCUT2D eigenvalue weighted by molar-refractivity contribution is 6.29. The van der Waals surface area contributed by atoms with Crippen molar-refractivity contribution in [3.8, 4) is 134 Å². The zero-order chi connectivity index (χ0) is 91.4. The van der Waals surface area contributed by atoms with Gasteiger partial charge in [0, 0.05) is 103 Å². The highest BCUT2D eigenvalue weighted by Gasteiger charge is 2.27. The Bertz CT molecular complexity index is 8890. The average Bonchev–Trinajstić information content (AvgIpc) is 0.727. The molecule has 0 radical (unpaired) electrons. The van der Waals surface area contributed by atoms with Crippen LogP contribution in [0.15, 0.2) is 492 Å². The predicted octanol–water partition coefficient (Wildman–Crippen LogP) is 33.5. The van der Waals surface area contributed by atoms with Gasteiger partial charge in [-0.05, 0) is 198 Å². The van der Waals surface area contributed by atoms with Crippen LogP contribution in [0.2, 0.25) is 0 Å². The Hall–Kier alpha value is -18.6. The van der Waals surface area contributed by atoms with E-state index in [-0.39, 0.29) is 0 Å². The summed E-state index contributed by atoms with van der Waals surface area (Å²) in [6.07, 6.45) is 11.4. The predicted molar refractivity (Wildman–Crippen MR) is 575 cm³/mol. The maximum atomic E-state index is 5.26. The second-order valence-electron chi connectivity index (χ2n) is 34.8. The van der Waals surface area contributed by atoms with E-state index >= 15 is 0 Å². The normalized spacial score (nSPS) is 11.5. The number of fused-ring (bicyclic) bond motifs is 15. The number of hydrogen-bond acceptors (Lipinski definition) is 9. The summed E-state index contributed by atoms with van der Waals surface area (Å²) in [5, 5.41) is 20.9. The molecule has 0 aliphatic heterocycles. The molecule has 0 amide bonds. The fourth-order valence-corrected chi connectivity index (χ4v) is 20.6. The molecule has 27 rings (SSSR count). The molecule has 0 bridgehead atoms. The SMILES string of the molecule is c1ccc(-c2cc(-c3c4ccccc4c(-c4ccc(-c5ccccn5)nc4)c4ccccc34)c3ccc4cccnc4c3n2)cc1.c1ccc(-c2ccc(-c3c4ccccc4c(-c4cc(-c5ccccc5)nc5c4ccc4cccnc45)c4ccccc34)cn2)cc1.c1ccc(-c2cccc(-c3c4ccccc4c(-c4cc(-c5ccccc5)nc5c4ccc4cccnc45)c4ccccc34)c2)cc1. The lowest BCUT2D eigenvalue weighted by Crippen LogP contribution is -1.95. The standard InChI is InChI=1S/C44H28N2.C43H27N3.C42H26N4/c1-3-13-29(14-4-1)32-17-11-18-33(27-32)41-34-20-7-9-22-36(34)42(37-23-10-8-21-35(37)41)39-28-40(30-15-5-2-6-16-30)46-44-38(39)25-24-31-19-12-26-45-43(31)44;1-3-12-28(13-4-1)38-24-22-31(27-45-38)40-32-17-7-9-19-34(32)41(35-20-10-8-18-33(35)40)37-26-39(29-14-5-2-6-15-29)46-43-36(37)23-21-30-16-11-25-44-42(30)43;1-2-11-27(12-3-1)38-25-35(34-21-19-28-13-10-24-44-41(28)42(34)46-38)40-32-16-6-4-14-30(32)39(31-15-5-7-17-33(31)40)29-20-22-37(45-26-29)36-18-8-9-23-43-36/h1-28H;1-27H;1-26H. The molecular formula is C129H81N9. The van der Waals surface area contributed by atoms with E-state index in [2.05, 4.69) is 405 Å². The summed E-state index contributed by atoms with van der Waals surface area (Å²) < 4.78 is 0. The van der Waals surface area contributed by atoms with Crippen molar-refractivity contribution in [1.82, 2.24) is 44.9 Å². The molecule has 642 valence electrons. The average molecular weight is 1760 g/mol. The van der Waals surface area contributed by atoms with Crippen LogP contribution in [0.5, 0.6) is 0 Å². The minimum Gasteiger partial charge on any atom is -0.256 e. The van der Waals surface area contributed by atoms with Crippen LogP contribution in [-0.2, 0) is 0 Å². The summed E-state index contributed by atoms with van der Waals surface area (Å²) in [5.41, 5.74) is 31.7. The van der Waals surface area contributed by atoms with Crippen molar-refractivity contribution >= 4 is 130 Å². The van der Waals surface area contributed by atoms with Gasteiger partial charge in [0.25, 0.3) is 0 Å². The molecule has 9 heterocycles. The van der Waals surface area contributed by atoms with Crippen molar-refractivity contribution < 1.29 is 0 Å². The molecule has 18 aromatic carbocycles. The Kier molecular flexibility index (Phi) is 20.8. The van der Waals surface area contributed by atoms with E-state index in [0.717, 1.165) is 150 Å². The second kappa shape index (κ2) is 35.2. The third kappa shape index (κ3) is 14.7. The van der Waals surface area contributed by atoms with E-state index in [9.17, 15) is 0 Å². The first-order valence-electron chi connectivity index (χ1n) is 46.6. The largest absolute Gasteiger partial charge is 0.256 e. The lowest BCUT2D eigenvalue weighted by atomic mass is 9.84. The van der Waals surface area contributed by atoms with Crippen molar-refractivity contribution in [3.05, 3.63) is 492 Å². The first kappa shape index (κ1) is 81.4. The summed E-state index contributed by atoms with van der Waals surface area (Å²) in [6.45, 7) is 0. The Labute approximate surface area is 795 Å². The molecule has 0 saturated carbocycles. The van der Waals surface area contributed by atoms with Crippen molar-refractivity contribution in [2.45, 2.75) is 0 Å². The van der Waals surface area contributed by atoms with Crippen LogP contribution in [0.4, 0.5) is 0 Å². The highest BCUT2D eigenvalue weighted by Crippen LogP contribution is 2.52. The van der Waals surface area contributed by atoms with Gasteiger partial charge in [0.1, 0.15) is 0 Å². The molecule has 0 fully saturated rings. The lowest BCUT2D eigenvalue weighted by molar-refractivity contribution is 1.25. The molecule has 27 aromatic rings. The molecule has 9 heteroatoms. The Morgan fingerprint density at radius 3 is 0.710 bits per heavy atom. The zero-order valence-corrected chi connectivity index (χ0v) is 74.8. The smallest absolute Gasteiger partial charge is 0.0978 e. The van der Waals surface area contributed by atoms with E-state index in [1.807, 2.05) is 85.6 Å². The molecule has 9 nitrogen and oxygen atoms in total. The fraction of sp³-hybridized carbons (Fsp3) is 0. The molecule has 0 saturated heterocycles. The third-order valence-corrected chi connectivity index (χ3v) is 26.8. The minimum absolute atomic E-state index is 0.854. The van der Waals surface area contributed by atoms with E-state index in [0.29, 0.717) is 0 Å². The summed E-state index contributed by atoms with van der Waals surface area (Å²) in [7, 11) is 0. The Morgan fingerprint density at radius 2 is 0.391 bits per heavy atom. The van der Waals surface area contributed by atoms with Crippen molar-refractivity contribution in [1.29, 1.82) is 0 Å². The van der Waals surface area contributed by atoms with Gasteiger partial charge in [-0.15, -0.1) is 0 Å². The zero-order valence-electron chi connectivity index (χ0n) is 74.8. The highest BCUT2D eigenvalue weighted by atomic mass is 14.8. The minimum atomic E-state index is 0.854. The van der Waals surface area contributed by atoms with Crippen LogP contribution in [0.1, 0.15) is 0 Å².